The Kier molecular flexibility index (Phi) is 5.06. The molecule has 0 saturated heterocycles. The molecule has 0 bridgehead atoms. The Labute approximate surface area is 154 Å². The Morgan fingerprint density at radius 1 is 1.32 bits per heavy atom. The van der Waals surface area contributed by atoms with E-state index in [2.05, 4.69) is 15.6 Å². The number of hydrogen-bond acceptors (Lipinski definition) is 5. The number of halogens is 1. The lowest BCUT2D eigenvalue weighted by Gasteiger charge is -2.25. The molecule has 3 aromatic rings. The number of hydrogen-bond donors (Lipinski definition) is 1. The van der Waals surface area contributed by atoms with Gasteiger partial charge in [0, 0.05) is 10.4 Å². The molecule has 1 N–H and O–H groups in total. The zero-order valence-corrected chi connectivity index (χ0v) is 15.3. The largest absolute Gasteiger partial charge is 0.478 e. The van der Waals surface area contributed by atoms with Gasteiger partial charge in [-0.25, -0.2) is 4.68 Å². The quantitative estimate of drug-likeness (QED) is 0.715. The fourth-order valence-electron chi connectivity index (χ4n) is 2.12. The molecule has 0 aliphatic carbocycles. The molecule has 0 spiro atoms. The summed E-state index contributed by atoms with van der Waals surface area (Å²) >= 11 is 7.44. The predicted octanol–water partition coefficient (Wildman–Crippen LogP) is 3.46. The standard InChI is InChI=1S/C17H17ClN4O2S/c1-17(2,24-15-5-3-12(18)4-6-15)16(23)19-9-13-10-22(21-20-13)14-7-8-25-11-14/h3-8,10-11H,9H2,1-2H3,(H,19,23). The van der Waals surface area contributed by atoms with E-state index in [0.717, 1.165) is 5.69 Å². The molecule has 6 nitrogen and oxygen atoms in total. The number of amides is 1. The Morgan fingerprint density at radius 3 is 2.76 bits per heavy atom. The minimum Gasteiger partial charge on any atom is -0.478 e. The van der Waals surface area contributed by atoms with Crippen LogP contribution in [0.15, 0.2) is 47.3 Å². The normalized spacial score (nSPS) is 11.3. The zero-order chi connectivity index (χ0) is 17.9. The number of carbonyl (C=O) groups excluding carboxylic acids is 1. The van der Waals surface area contributed by atoms with Crippen LogP contribution in [0.5, 0.6) is 5.75 Å². The highest BCUT2D eigenvalue weighted by molar-refractivity contribution is 7.08. The molecule has 0 saturated carbocycles. The van der Waals surface area contributed by atoms with Crippen LogP contribution in [0.1, 0.15) is 19.5 Å². The molecule has 0 radical (unpaired) electrons. The predicted molar refractivity (Wildman–Crippen MR) is 97.2 cm³/mol. The van der Waals surface area contributed by atoms with Crippen molar-refractivity contribution in [2.24, 2.45) is 0 Å². The van der Waals surface area contributed by atoms with Gasteiger partial charge < -0.3 is 10.1 Å². The second kappa shape index (κ2) is 7.25. The van der Waals surface area contributed by atoms with Crippen LogP contribution in [0.3, 0.4) is 0 Å². The van der Waals surface area contributed by atoms with Crippen LogP contribution in [-0.2, 0) is 11.3 Å². The first-order valence-electron chi connectivity index (χ1n) is 7.61. The number of nitrogens with one attached hydrogen (secondary N) is 1. The van der Waals surface area contributed by atoms with Crippen molar-refractivity contribution in [3.8, 4) is 11.4 Å². The maximum atomic E-state index is 12.4. The van der Waals surface area contributed by atoms with Crippen molar-refractivity contribution >= 4 is 28.8 Å². The van der Waals surface area contributed by atoms with Gasteiger partial charge in [-0.2, -0.15) is 11.3 Å². The Bertz CT molecular complexity index is 844. The average Bonchev–Trinajstić information content (AvgIpc) is 3.25. The first-order valence-corrected chi connectivity index (χ1v) is 8.93. The van der Waals surface area contributed by atoms with Crippen LogP contribution in [0.4, 0.5) is 0 Å². The molecule has 0 aliphatic rings. The van der Waals surface area contributed by atoms with Crippen molar-refractivity contribution in [1.82, 2.24) is 20.3 Å². The molecule has 25 heavy (non-hydrogen) atoms. The minimum absolute atomic E-state index is 0.243. The van der Waals surface area contributed by atoms with E-state index in [1.165, 1.54) is 0 Å². The van der Waals surface area contributed by atoms with Gasteiger partial charge in [0.05, 0.1) is 18.4 Å². The van der Waals surface area contributed by atoms with Crippen LogP contribution < -0.4 is 10.1 Å². The minimum atomic E-state index is -1.03. The Morgan fingerprint density at radius 2 is 2.08 bits per heavy atom. The molecule has 8 heteroatoms. The average molecular weight is 377 g/mol. The highest BCUT2D eigenvalue weighted by Gasteiger charge is 2.29. The maximum Gasteiger partial charge on any atom is 0.263 e. The summed E-state index contributed by atoms with van der Waals surface area (Å²) in [5.74, 6) is 0.334. The van der Waals surface area contributed by atoms with Crippen molar-refractivity contribution in [3.63, 3.8) is 0 Å². The summed E-state index contributed by atoms with van der Waals surface area (Å²) in [5, 5.41) is 15.5. The van der Waals surface area contributed by atoms with Crippen LogP contribution >= 0.6 is 22.9 Å². The summed E-state index contributed by atoms with van der Waals surface area (Å²) < 4.78 is 7.43. The van der Waals surface area contributed by atoms with Crippen LogP contribution in [0.25, 0.3) is 5.69 Å². The molecular weight excluding hydrogens is 360 g/mol. The van der Waals surface area contributed by atoms with E-state index in [4.69, 9.17) is 16.3 Å². The second-order valence-corrected chi connectivity index (χ2v) is 7.10. The zero-order valence-electron chi connectivity index (χ0n) is 13.8. The van der Waals surface area contributed by atoms with E-state index < -0.39 is 5.60 Å². The Hall–Kier alpha value is -2.38. The molecule has 2 aromatic heterocycles. The Balaban J connectivity index is 1.58. The molecule has 1 aromatic carbocycles. The summed E-state index contributed by atoms with van der Waals surface area (Å²) in [5.41, 5.74) is 0.584. The highest BCUT2D eigenvalue weighted by Crippen LogP contribution is 2.21. The molecule has 130 valence electrons. The lowest BCUT2D eigenvalue weighted by Crippen LogP contribution is -2.46. The van der Waals surface area contributed by atoms with Gasteiger partial charge in [-0.05, 0) is 49.6 Å². The number of aromatic nitrogens is 3. The lowest BCUT2D eigenvalue weighted by molar-refractivity contribution is -0.134. The van der Waals surface area contributed by atoms with Crippen molar-refractivity contribution in [3.05, 3.63) is 58.0 Å². The molecule has 1 amide bonds. The molecule has 3 rings (SSSR count). The lowest BCUT2D eigenvalue weighted by atomic mass is 10.1. The number of rotatable bonds is 6. The van der Waals surface area contributed by atoms with Gasteiger partial charge in [0.15, 0.2) is 5.60 Å². The summed E-state index contributed by atoms with van der Waals surface area (Å²) in [4.78, 5) is 12.4. The van der Waals surface area contributed by atoms with Gasteiger partial charge in [0.1, 0.15) is 11.4 Å². The fraction of sp³-hybridized carbons (Fsp3) is 0.235. The molecule has 0 atom stereocenters. The third kappa shape index (κ3) is 4.37. The van der Waals surface area contributed by atoms with E-state index in [1.807, 2.05) is 16.8 Å². The summed E-state index contributed by atoms with van der Waals surface area (Å²) in [6, 6.07) is 8.83. The van der Waals surface area contributed by atoms with Crippen LogP contribution in [-0.4, -0.2) is 26.5 Å². The number of thiophene rings is 1. The van der Waals surface area contributed by atoms with Crippen molar-refractivity contribution in [1.29, 1.82) is 0 Å². The van der Waals surface area contributed by atoms with E-state index in [-0.39, 0.29) is 12.5 Å². The molecular formula is C17H17ClN4O2S. The number of carbonyl (C=O) groups is 1. The van der Waals surface area contributed by atoms with Crippen LogP contribution in [0, 0.1) is 0 Å². The van der Waals surface area contributed by atoms with Crippen molar-refractivity contribution < 1.29 is 9.53 Å². The van der Waals surface area contributed by atoms with Crippen LogP contribution in [0.2, 0.25) is 5.02 Å². The molecule has 2 heterocycles. The fourth-order valence-corrected chi connectivity index (χ4v) is 2.87. The molecule has 0 fully saturated rings. The van der Waals surface area contributed by atoms with Crippen molar-refractivity contribution in [2.45, 2.75) is 26.0 Å². The third-order valence-corrected chi connectivity index (χ3v) is 4.40. The van der Waals surface area contributed by atoms with E-state index in [9.17, 15) is 4.79 Å². The SMILES string of the molecule is CC(C)(Oc1ccc(Cl)cc1)C(=O)NCc1cn(-c2ccsc2)nn1. The van der Waals surface area contributed by atoms with E-state index in [0.29, 0.717) is 16.5 Å². The smallest absolute Gasteiger partial charge is 0.263 e. The van der Waals surface area contributed by atoms with E-state index in [1.54, 1.807) is 60.3 Å². The number of ether oxygens (including phenoxy) is 1. The topological polar surface area (TPSA) is 69.0 Å². The van der Waals surface area contributed by atoms with Gasteiger partial charge in [-0.1, -0.05) is 16.8 Å². The third-order valence-electron chi connectivity index (χ3n) is 3.48. The first-order chi connectivity index (χ1) is 11.9. The van der Waals surface area contributed by atoms with E-state index >= 15 is 0 Å². The summed E-state index contributed by atoms with van der Waals surface area (Å²) in [6.45, 7) is 3.69. The second-order valence-electron chi connectivity index (χ2n) is 5.88. The number of benzene rings is 1. The van der Waals surface area contributed by atoms with Gasteiger partial charge >= 0.3 is 0 Å². The maximum absolute atomic E-state index is 12.4. The van der Waals surface area contributed by atoms with Gasteiger partial charge in [0.25, 0.3) is 5.91 Å². The van der Waals surface area contributed by atoms with Gasteiger partial charge in [-0.15, -0.1) is 5.10 Å². The highest BCUT2D eigenvalue weighted by atomic mass is 35.5. The van der Waals surface area contributed by atoms with Crippen molar-refractivity contribution in [2.75, 3.05) is 0 Å². The summed E-state index contributed by atoms with van der Waals surface area (Å²) in [7, 11) is 0. The monoisotopic (exact) mass is 376 g/mol. The first kappa shape index (κ1) is 17.4. The molecule has 0 unspecified atom stereocenters. The summed E-state index contributed by atoms with van der Waals surface area (Å²) in [6.07, 6.45) is 1.79. The number of nitrogens with zero attached hydrogens (tertiary/aromatic N) is 3. The van der Waals surface area contributed by atoms with Gasteiger partial charge in [0.2, 0.25) is 0 Å². The van der Waals surface area contributed by atoms with Gasteiger partial charge in [-0.3, -0.25) is 4.79 Å². The molecule has 0 aliphatic heterocycles.